The van der Waals surface area contributed by atoms with Gasteiger partial charge in [0.1, 0.15) is 55.4 Å². The van der Waals surface area contributed by atoms with Crippen molar-refractivity contribution in [2.24, 2.45) is 17.2 Å². The second-order valence-electron chi connectivity index (χ2n) is 16.7. The fourth-order valence-corrected chi connectivity index (χ4v) is 7.68. The van der Waals surface area contributed by atoms with Gasteiger partial charge in [-0.3, -0.25) is 24.0 Å². The number of nitrogens with zero attached hydrogens (tertiary/aromatic N) is 4. The van der Waals surface area contributed by atoms with E-state index >= 15 is 0 Å². The molecule has 1 unspecified atom stereocenters. The number of allylic oxidation sites excluding steroid dienone is 2. The summed E-state index contributed by atoms with van der Waals surface area (Å²) < 4.78 is 12.2. The van der Waals surface area contributed by atoms with Crippen LogP contribution in [0.4, 0.5) is 0 Å². The first kappa shape index (κ1) is 52.3. The van der Waals surface area contributed by atoms with E-state index in [1.165, 1.54) is 30.0 Å². The van der Waals surface area contributed by atoms with Crippen LogP contribution in [0.3, 0.4) is 0 Å². The molecule has 4 bridgehead atoms. The van der Waals surface area contributed by atoms with Crippen LogP contribution in [0, 0.1) is 37.0 Å². The van der Waals surface area contributed by atoms with E-state index in [0.717, 1.165) is 11.1 Å². The minimum atomic E-state index is -1.42. The summed E-state index contributed by atoms with van der Waals surface area (Å²) in [5.41, 5.74) is 24.6. The number of amides is 5. The van der Waals surface area contributed by atoms with Gasteiger partial charge in [0.2, 0.25) is 29.5 Å². The molecule has 69 heavy (non-hydrogen) atoms. The minimum absolute atomic E-state index is 0.00388. The molecule has 2 heterocycles. The SMILES string of the molecule is CC(C)=C(C)c1ccc(C#Cc2nc(C)c(C(=O)NC(CCN)C(=O)N(C)[C@@H]3C(=O)N[C@@H](C)C(=O)N[C@H](C(=O)NCC#N)Cc4ccc(OCCN)c(c4)-c4cc3ccc4OCCN)c(C)n2)cc1. The van der Waals surface area contributed by atoms with Crippen LogP contribution in [-0.2, 0) is 25.6 Å². The van der Waals surface area contributed by atoms with Crippen molar-refractivity contribution < 1.29 is 33.4 Å². The van der Waals surface area contributed by atoms with Gasteiger partial charge < -0.3 is 52.8 Å². The number of carbonyl (C=O) groups excluding carboxylic acids is 5. The summed E-state index contributed by atoms with van der Waals surface area (Å²) >= 11 is 0. The molecule has 1 aliphatic rings. The molecule has 5 amide bonds. The highest BCUT2D eigenvalue weighted by Gasteiger charge is 2.36. The second-order valence-corrected chi connectivity index (χ2v) is 16.7. The molecule has 0 spiro atoms. The zero-order chi connectivity index (χ0) is 50.4. The van der Waals surface area contributed by atoms with Crippen LogP contribution in [0.5, 0.6) is 11.5 Å². The lowest BCUT2D eigenvalue weighted by Crippen LogP contribution is -2.56. The van der Waals surface area contributed by atoms with Gasteiger partial charge in [0.05, 0.1) is 23.0 Å². The Kier molecular flexibility index (Phi) is 18.5. The summed E-state index contributed by atoms with van der Waals surface area (Å²) in [5.74, 6) is 3.63. The predicted octanol–water partition coefficient (Wildman–Crippen LogP) is 2.48. The number of hydrogen-bond donors (Lipinski definition) is 7. The normalized spacial score (nSPS) is 15.9. The summed E-state index contributed by atoms with van der Waals surface area (Å²) in [4.78, 5) is 80.7. The number of hydrogen-bond acceptors (Lipinski definition) is 13. The number of ether oxygens (including phenoxy) is 2. The average molecular weight is 940 g/mol. The molecule has 18 nitrogen and oxygen atoms in total. The number of nitriles is 1. The number of nitrogens with two attached hydrogens (primary N) is 3. The van der Waals surface area contributed by atoms with Gasteiger partial charge in [-0.2, -0.15) is 5.26 Å². The number of aryl methyl sites for hydroxylation is 2. The number of likely N-dealkylation sites (N-methyl/N-ethyl adjacent to an activating group) is 1. The molecule has 4 aromatic rings. The van der Waals surface area contributed by atoms with E-state index in [2.05, 4.69) is 63.8 Å². The molecular formula is C51H61N11O7. The van der Waals surface area contributed by atoms with Crippen molar-refractivity contribution in [2.45, 2.75) is 78.6 Å². The van der Waals surface area contributed by atoms with Crippen molar-refractivity contribution in [1.82, 2.24) is 36.1 Å². The zero-order valence-electron chi connectivity index (χ0n) is 40.1. The maximum atomic E-state index is 14.7. The van der Waals surface area contributed by atoms with E-state index in [0.29, 0.717) is 45.1 Å². The third-order valence-corrected chi connectivity index (χ3v) is 11.5. The van der Waals surface area contributed by atoms with E-state index < -0.39 is 53.7 Å². The van der Waals surface area contributed by atoms with Crippen LogP contribution < -0.4 is 47.9 Å². The lowest BCUT2D eigenvalue weighted by Gasteiger charge is -2.32. The maximum absolute atomic E-state index is 14.7. The Bertz CT molecular complexity index is 2680. The molecule has 0 fully saturated rings. The van der Waals surface area contributed by atoms with Gasteiger partial charge >= 0.3 is 0 Å². The predicted molar refractivity (Wildman–Crippen MR) is 261 cm³/mol. The minimum Gasteiger partial charge on any atom is -0.492 e. The fraction of sp³-hybridized carbons (Fsp3) is 0.373. The van der Waals surface area contributed by atoms with Gasteiger partial charge in [0.25, 0.3) is 5.91 Å². The van der Waals surface area contributed by atoms with Crippen molar-refractivity contribution in [3.63, 3.8) is 0 Å². The summed E-state index contributed by atoms with van der Waals surface area (Å²) in [7, 11) is 1.41. The van der Waals surface area contributed by atoms with Gasteiger partial charge in [-0.1, -0.05) is 35.8 Å². The third-order valence-electron chi connectivity index (χ3n) is 11.5. The molecule has 10 N–H and O–H groups in total. The Morgan fingerprint density at radius 2 is 1.48 bits per heavy atom. The summed E-state index contributed by atoms with van der Waals surface area (Å²) in [6, 6.07) is 14.8. The molecule has 0 saturated heterocycles. The lowest BCUT2D eigenvalue weighted by molar-refractivity contribution is -0.141. The van der Waals surface area contributed by atoms with Crippen LogP contribution in [0.2, 0.25) is 0 Å². The smallest absolute Gasteiger partial charge is 0.255 e. The fourth-order valence-electron chi connectivity index (χ4n) is 7.68. The highest BCUT2D eigenvalue weighted by molar-refractivity contribution is 6.00. The van der Waals surface area contributed by atoms with Crippen molar-refractivity contribution in [2.75, 3.05) is 46.4 Å². The van der Waals surface area contributed by atoms with E-state index in [-0.39, 0.29) is 63.6 Å². The molecule has 4 atom stereocenters. The average Bonchev–Trinajstić information content (AvgIpc) is 3.32. The number of fused-ring (bicyclic) bond motifs is 5. The Hall–Kier alpha value is -7.64. The molecule has 0 saturated carbocycles. The molecule has 1 aromatic heterocycles. The van der Waals surface area contributed by atoms with Crippen molar-refractivity contribution in [1.29, 1.82) is 5.26 Å². The number of aromatic nitrogens is 2. The van der Waals surface area contributed by atoms with Crippen molar-refractivity contribution in [3.8, 4) is 40.5 Å². The molecule has 362 valence electrons. The monoisotopic (exact) mass is 939 g/mol. The van der Waals surface area contributed by atoms with Crippen LogP contribution in [-0.4, -0.2) is 109 Å². The number of carbonyl (C=O) groups is 5. The van der Waals surface area contributed by atoms with Crippen molar-refractivity contribution in [3.05, 3.63) is 111 Å². The number of benzene rings is 3. The van der Waals surface area contributed by atoms with E-state index in [4.69, 9.17) is 26.7 Å². The van der Waals surface area contributed by atoms with Gasteiger partial charge in [0, 0.05) is 43.2 Å². The molecule has 0 aliphatic carbocycles. The Balaban J connectivity index is 1.53. The first-order chi connectivity index (χ1) is 33.0. The van der Waals surface area contributed by atoms with E-state index in [9.17, 15) is 29.2 Å². The Morgan fingerprint density at radius 3 is 2.07 bits per heavy atom. The third kappa shape index (κ3) is 13.3. The van der Waals surface area contributed by atoms with Crippen LogP contribution in [0.25, 0.3) is 16.7 Å². The largest absolute Gasteiger partial charge is 0.492 e. The molecule has 3 aromatic carbocycles. The second kappa shape index (κ2) is 24.4. The van der Waals surface area contributed by atoms with E-state index in [1.807, 2.05) is 30.3 Å². The first-order valence-electron chi connectivity index (χ1n) is 22.6. The maximum Gasteiger partial charge on any atom is 0.255 e. The number of nitrogens with one attached hydrogen (secondary N) is 4. The Labute approximate surface area is 402 Å². The molecule has 1 aliphatic heterocycles. The molecule has 18 heteroatoms. The van der Waals surface area contributed by atoms with Crippen LogP contribution in [0.15, 0.2) is 66.2 Å². The highest BCUT2D eigenvalue weighted by Crippen LogP contribution is 2.40. The zero-order valence-corrected chi connectivity index (χ0v) is 40.1. The summed E-state index contributed by atoms with van der Waals surface area (Å²) in [6.07, 6.45) is -0.0202. The summed E-state index contributed by atoms with van der Waals surface area (Å²) in [6.45, 7) is 11.2. The van der Waals surface area contributed by atoms with E-state index in [1.54, 1.807) is 50.2 Å². The quantitative estimate of drug-likeness (QED) is 0.0667. The topological polar surface area (TPSA) is 283 Å². The highest BCUT2D eigenvalue weighted by atomic mass is 16.5. The van der Waals surface area contributed by atoms with Gasteiger partial charge in [0.15, 0.2) is 0 Å². The first-order valence-corrected chi connectivity index (χ1v) is 22.6. The van der Waals surface area contributed by atoms with Crippen LogP contribution in [0.1, 0.15) is 90.0 Å². The molecular weight excluding hydrogens is 879 g/mol. The molecule has 0 radical (unpaired) electrons. The summed E-state index contributed by atoms with van der Waals surface area (Å²) in [5, 5.41) is 19.9. The van der Waals surface area contributed by atoms with Gasteiger partial charge in [-0.25, -0.2) is 9.97 Å². The Morgan fingerprint density at radius 1 is 0.855 bits per heavy atom. The van der Waals surface area contributed by atoms with Gasteiger partial charge in [-0.15, -0.1) is 0 Å². The van der Waals surface area contributed by atoms with Gasteiger partial charge in [-0.05, 0) is 119 Å². The van der Waals surface area contributed by atoms with Crippen LogP contribution >= 0.6 is 0 Å². The van der Waals surface area contributed by atoms with Crippen molar-refractivity contribution >= 4 is 35.1 Å². The standard InChI is InChI=1S/C51H61N11O7/c1-29(2)30(3)36-12-8-34(9-13-36)11-17-44-57-31(4)45(32(5)58-44)49(65)60-40(18-19-52)51(67)62(7)46-37-14-16-43(69-25-22-55)39(28-37)38-26-35(10-15-42(38)68-24-21-54)27-41(48(64)56-23-20-53)61-47(63)33(6)59-50(46)66/h8-10,12-16,26,28,33,40-41,46H,18-19,21-25,27,52,54-55H2,1-7H3,(H,56,64)(H,59,66)(H,60,65)(H,61,63)/t33-,40?,41-,46-/m0/s1. The molecule has 5 rings (SSSR count). The number of rotatable bonds is 15. The lowest BCUT2D eigenvalue weighted by atomic mass is 9.93.